The van der Waals surface area contributed by atoms with Crippen molar-refractivity contribution in [1.29, 1.82) is 0 Å². The van der Waals surface area contributed by atoms with E-state index >= 15 is 0 Å². The molecule has 0 aromatic rings. The maximum absolute atomic E-state index is 12.1. The Hall–Kier alpha value is -2.01. The molecule has 1 saturated carbocycles. The Balaban J connectivity index is 2.65. The van der Waals surface area contributed by atoms with E-state index in [0.29, 0.717) is 0 Å². The molecule has 0 aromatic carbocycles. The molecule has 1 aliphatic carbocycles. The zero-order valence-electron chi connectivity index (χ0n) is 13.2. The summed E-state index contributed by atoms with van der Waals surface area (Å²) >= 11 is 0. The molecular formula is C14H16F6O6. The van der Waals surface area contributed by atoms with E-state index in [1.807, 2.05) is 0 Å². The number of carbonyl (C=O) groups excluding carboxylic acids is 2. The van der Waals surface area contributed by atoms with Crippen molar-refractivity contribution >= 4 is 17.9 Å². The molecule has 1 N–H and O–H groups in total. The van der Waals surface area contributed by atoms with Crippen molar-refractivity contribution in [1.82, 2.24) is 0 Å². The molecule has 0 spiro atoms. The molecule has 0 amide bonds. The van der Waals surface area contributed by atoms with E-state index in [1.54, 1.807) is 0 Å². The van der Waals surface area contributed by atoms with Crippen LogP contribution in [0.15, 0.2) is 0 Å². The second-order valence-electron chi connectivity index (χ2n) is 6.10. The number of aliphatic carboxylic acids is 1. The number of hydrogen-bond acceptors (Lipinski definition) is 5. The second-order valence-corrected chi connectivity index (χ2v) is 6.10. The first-order chi connectivity index (χ1) is 11.8. The lowest BCUT2D eigenvalue weighted by atomic mass is 9.74. The molecule has 1 rings (SSSR count). The van der Waals surface area contributed by atoms with E-state index in [0.717, 1.165) is 0 Å². The van der Waals surface area contributed by atoms with Gasteiger partial charge in [0.15, 0.2) is 0 Å². The van der Waals surface area contributed by atoms with Gasteiger partial charge >= 0.3 is 30.3 Å². The Bertz CT molecular complexity index is 491. The number of halogens is 6. The Kier molecular flexibility index (Phi) is 7.27. The molecule has 0 aromatic heterocycles. The Morgan fingerprint density at radius 2 is 1.12 bits per heavy atom. The van der Waals surface area contributed by atoms with Gasteiger partial charge in [-0.3, -0.25) is 4.79 Å². The SMILES string of the molecule is O=C(O)CC1C[C@@H](COC(=O)C(F)(F)F)C[C@@H](COC(=O)C(F)(F)F)C1. The summed E-state index contributed by atoms with van der Waals surface area (Å²) in [7, 11) is 0. The molecule has 26 heavy (non-hydrogen) atoms. The lowest BCUT2D eigenvalue weighted by Crippen LogP contribution is -2.34. The van der Waals surface area contributed by atoms with Crippen LogP contribution in [0.1, 0.15) is 25.7 Å². The van der Waals surface area contributed by atoms with Crippen LogP contribution in [0.3, 0.4) is 0 Å². The molecule has 0 heterocycles. The molecule has 6 nitrogen and oxygen atoms in total. The Morgan fingerprint density at radius 1 is 0.769 bits per heavy atom. The smallest absolute Gasteiger partial charge is 0.481 e. The van der Waals surface area contributed by atoms with Crippen molar-refractivity contribution in [2.75, 3.05) is 13.2 Å². The summed E-state index contributed by atoms with van der Waals surface area (Å²) in [6.45, 7) is -1.31. The number of rotatable bonds is 6. The van der Waals surface area contributed by atoms with E-state index in [9.17, 15) is 40.7 Å². The first-order valence-electron chi connectivity index (χ1n) is 7.48. The van der Waals surface area contributed by atoms with Crippen LogP contribution >= 0.6 is 0 Å². The van der Waals surface area contributed by atoms with Crippen LogP contribution in [0.5, 0.6) is 0 Å². The van der Waals surface area contributed by atoms with Crippen LogP contribution < -0.4 is 0 Å². The lowest BCUT2D eigenvalue weighted by molar-refractivity contribution is -0.203. The van der Waals surface area contributed by atoms with Crippen molar-refractivity contribution in [2.45, 2.75) is 38.0 Å². The van der Waals surface area contributed by atoms with Gasteiger partial charge in [0, 0.05) is 6.42 Å². The zero-order valence-corrected chi connectivity index (χ0v) is 13.2. The van der Waals surface area contributed by atoms with Gasteiger partial charge in [-0.05, 0) is 37.0 Å². The number of hydrogen-bond donors (Lipinski definition) is 1. The van der Waals surface area contributed by atoms with Gasteiger partial charge in [-0.25, -0.2) is 9.59 Å². The molecule has 0 radical (unpaired) electrons. The molecule has 1 unspecified atom stereocenters. The number of carboxylic acids is 1. The maximum atomic E-state index is 12.1. The third-order valence-corrected chi connectivity index (χ3v) is 3.83. The maximum Gasteiger partial charge on any atom is 0.490 e. The number of esters is 2. The summed E-state index contributed by atoms with van der Waals surface area (Å²) < 4.78 is 81.1. The lowest BCUT2D eigenvalue weighted by Gasteiger charge is -2.33. The third kappa shape index (κ3) is 7.48. The van der Waals surface area contributed by atoms with Crippen LogP contribution in [0.2, 0.25) is 0 Å². The van der Waals surface area contributed by atoms with Crippen LogP contribution in [-0.4, -0.2) is 48.6 Å². The van der Waals surface area contributed by atoms with Gasteiger partial charge < -0.3 is 14.6 Å². The normalized spacial score (nSPS) is 24.0. The van der Waals surface area contributed by atoms with Crippen molar-refractivity contribution in [3.63, 3.8) is 0 Å². The van der Waals surface area contributed by atoms with Crippen LogP contribution in [-0.2, 0) is 23.9 Å². The average Bonchev–Trinajstić information content (AvgIpc) is 2.47. The minimum absolute atomic E-state index is 0.0341. The Morgan fingerprint density at radius 3 is 1.42 bits per heavy atom. The van der Waals surface area contributed by atoms with Gasteiger partial charge in [-0.1, -0.05) is 0 Å². The molecule has 0 aliphatic heterocycles. The molecule has 1 aliphatic rings. The summed E-state index contributed by atoms with van der Waals surface area (Å²) in [5.74, 6) is -7.92. The monoisotopic (exact) mass is 394 g/mol. The zero-order chi connectivity index (χ0) is 20.1. The van der Waals surface area contributed by atoms with Gasteiger partial charge in [0.25, 0.3) is 0 Å². The highest BCUT2D eigenvalue weighted by molar-refractivity contribution is 5.76. The quantitative estimate of drug-likeness (QED) is 0.550. The topological polar surface area (TPSA) is 89.9 Å². The van der Waals surface area contributed by atoms with Gasteiger partial charge in [-0.15, -0.1) is 0 Å². The van der Waals surface area contributed by atoms with E-state index in [2.05, 4.69) is 9.47 Å². The molecule has 12 heteroatoms. The van der Waals surface area contributed by atoms with Crippen LogP contribution in [0.4, 0.5) is 26.3 Å². The molecule has 0 saturated heterocycles. The van der Waals surface area contributed by atoms with Crippen molar-refractivity contribution in [2.24, 2.45) is 17.8 Å². The predicted molar refractivity (Wildman–Crippen MR) is 70.6 cm³/mol. The molecule has 1 fully saturated rings. The molecular weight excluding hydrogens is 378 g/mol. The number of carboxylic acid groups (broad SMARTS) is 1. The summed E-state index contributed by atoms with van der Waals surface area (Å²) in [6.07, 6.45) is -10.4. The van der Waals surface area contributed by atoms with E-state index in [1.165, 1.54) is 0 Å². The van der Waals surface area contributed by atoms with E-state index in [4.69, 9.17) is 5.11 Å². The highest BCUT2D eigenvalue weighted by Gasteiger charge is 2.43. The number of alkyl halides is 6. The predicted octanol–water partition coefficient (Wildman–Crippen LogP) is 2.70. The minimum atomic E-state index is -5.18. The number of carbonyl (C=O) groups is 3. The van der Waals surface area contributed by atoms with Gasteiger partial charge in [-0.2, -0.15) is 26.3 Å². The minimum Gasteiger partial charge on any atom is -0.481 e. The molecule has 0 bridgehead atoms. The summed E-state index contributed by atoms with van der Waals surface area (Å²) in [6, 6.07) is 0. The van der Waals surface area contributed by atoms with E-state index < -0.39 is 61.2 Å². The molecule has 150 valence electrons. The fourth-order valence-electron chi connectivity index (χ4n) is 2.94. The van der Waals surface area contributed by atoms with E-state index in [-0.39, 0.29) is 25.7 Å². The first-order valence-corrected chi connectivity index (χ1v) is 7.48. The largest absolute Gasteiger partial charge is 0.490 e. The van der Waals surface area contributed by atoms with Crippen molar-refractivity contribution < 1.29 is 55.3 Å². The van der Waals surface area contributed by atoms with Gasteiger partial charge in [0.1, 0.15) is 0 Å². The van der Waals surface area contributed by atoms with Gasteiger partial charge in [0.05, 0.1) is 13.2 Å². The summed E-state index contributed by atoms with van der Waals surface area (Å²) in [5.41, 5.74) is 0. The van der Waals surface area contributed by atoms with Crippen LogP contribution in [0.25, 0.3) is 0 Å². The van der Waals surface area contributed by atoms with Crippen LogP contribution in [0, 0.1) is 17.8 Å². The number of ether oxygens (including phenoxy) is 2. The summed E-state index contributed by atoms with van der Waals surface area (Å²) in [5, 5.41) is 8.82. The van der Waals surface area contributed by atoms with Crippen molar-refractivity contribution in [3.05, 3.63) is 0 Å². The first kappa shape index (κ1) is 22.0. The fraction of sp³-hybridized carbons (Fsp3) is 0.786. The van der Waals surface area contributed by atoms with Gasteiger partial charge in [0.2, 0.25) is 0 Å². The second kappa shape index (κ2) is 8.58. The Labute approximate surface area is 143 Å². The third-order valence-electron chi connectivity index (χ3n) is 3.83. The standard InChI is InChI=1S/C14H16F6O6/c15-13(16,17)11(23)25-5-8-1-7(4-10(21)22)2-9(3-8)6-26-12(24)14(18,19)20/h7-9H,1-6H2,(H,21,22)/t7?,8-,9+. The highest BCUT2D eigenvalue weighted by atomic mass is 19.4. The summed E-state index contributed by atoms with van der Waals surface area (Å²) in [4.78, 5) is 32.3. The van der Waals surface area contributed by atoms with Crippen molar-refractivity contribution in [3.8, 4) is 0 Å². The average molecular weight is 394 g/mol. The highest BCUT2D eigenvalue weighted by Crippen LogP contribution is 2.36. The molecule has 3 atom stereocenters. The fourth-order valence-corrected chi connectivity index (χ4v) is 2.94.